The molecule has 0 bridgehead atoms. The molecule has 2 unspecified atom stereocenters. The Morgan fingerprint density at radius 2 is 1.71 bits per heavy atom. The van der Waals surface area contributed by atoms with Crippen molar-refractivity contribution in [2.24, 2.45) is 11.8 Å². The minimum atomic E-state index is -1.10. The fourth-order valence-electron chi connectivity index (χ4n) is 11.5. The number of carbonyl (C=O) groups is 4. The molecule has 1 saturated carbocycles. The van der Waals surface area contributed by atoms with Gasteiger partial charge in [0.15, 0.2) is 10.8 Å². The van der Waals surface area contributed by atoms with Gasteiger partial charge in [0.25, 0.3) is 5.91 Å². The van der Waals surface area contributed by atoms with Gasteiger partial charge in [-0.1, -0.05) is 72.7 Å². The number of thiazole rings is 1. The van der Waals surface area contributed by atoms with E-state index in [-0.39, 0.29) is 41.7 Å². The number of imide groups is 1. The number of anilines is 3. The third kappa shape index (κ3) is 11.0. The highest BCUT2D eigenvalue weighted by Crippen LogP contribution is 2.38. The standard InChI is InChI=1S/C58H64N8O6S/c1-35-41(42-24-26-51(62-54(42)57(70)71)66-31-28-37-11-7-14-43(46(37)34-66)55(68)64-58-61-47-15-3-4-17-50(47)73-58)13-8-16-49(35)72-40-21-18-36(19-22-40)10-5-6-29-65-30-9-12-39(33-65)38-20-23-44(48(32-38)60-2)53(59)45-25-27-52(67)63-56(45)69/h3-4,7-8,11,13-17,20,23-24,26,32,36,39-40,45,59-60H,5-6,9-10,12,18-19,21-22,25,27-31,33-34H2,1-2H3,(H,70,71)(H,61,64,68)(H,63,67,69). The van der Waals surface area contributed by atoms with Crippen LogP contribution in [-0.2, 0) is 22.6 Å². The number of carbonyl (C=O) groups excluding carboxylic acids is 3. The lowest BCUT2D eigenvalue weighted by Gasteiger charge is -2.34. The minimum absolute atomic E-state index is 0.0212. The molecule has 2 aromatic heterocycles. The number of rotatable bonds is 16. The number of aromatic nitrogens is 2. The van der Waals surface area contributed by atoms with Gasteiger partial charge >= 0.3 is 5.97 Å². The molecule has 2 atom stereocenters. The van der Waals surface area contributed by atoms with E-state index in [2.05, 4.69) is 38.0 Å². The van der Waals surface area contributed by atoms with Crippen molar-refractivity contribution < 1.29 is 29.0 Å². The number of piperidine rings is 2. The molecule has 1 aliphatic carbocycles. The largest absolute Gasteiger partial charge is 0.490 e. The van der Waals surface area contributed by atoms with Gasteiger partial charge in [-0.25, -0.2) is 14.8 Å². The molecule has 3 fully saturated rings. The van der Waals surface area contributed by atoms with Gasteiger partial charge in [0.05, 0.1) is 28.0 Å². The summed E-state index contributed by atoms with van der Waals surface area (Å²) in [5, 5.41) is 28.6. The molecular weight excluding hydrogens is 937 g/mol. The molecule has 4 aliphatic rings. The molecule has 10 rings (SSSR count). The molecule has 73 heavy (non-hydrogen) atoms. The van der Waals surface area contributed by atoms with Crippen LogP contribution in [0.1, 0.15) is 125 Å². The van der Waals surface area contributed by atoms with E-state index in [4.69, 9.17) is 15.1 Å². The number of carboxylic acids is 1. The second kappa shape index (κ2) is 22.0. The van der Waals surface area contributed by atoms with Gasteiger partial charge in [0, 0.05) is 55.5 Å². The second-order valence-corrected chi connectivity index (χ2v) is 21.3. The molecule has 15 heteroatoms. The maximum Gasteiger partial charge on any atom is 0.355 e. The molecule has 378 valence electrons. The van der Waals surface area contributed by atoms with Gasteiger partial charge in [0.1, 0.15) is 11.6 Å². The lowest BCUT2D eigenvalue weighted by molar-refractivity contribution is -0.134. The number of hydrogen-bond acceptors (Lipinski definition) is 12. The van der Waals surface area contributed by atoms with Crippen LogP contribution in [0.25, 0.3) is 21.3 Å². The molecule has 4 aromatic carbocycles. The number of nitrogens with one attached hydrogen (secondary N) is 4. The molecule has 3 amide bonds. The van der Waals surface area contributed by atoms with Gasteiger partial charge < -0.3 is 30.4 Å². The van der Waals surface area contributed by atoms with Gasteiger partial charge in [-0.15, -0.1) is 0 Å². The van der Waals surface area contributed by atoms with Crippen molar-refractivity contribution in [2.75, 3.05) is 48.8 Å². The first-order chi connectivity index (χ1) is 35.5. The fourth-order valence-corrected chi connectivity index (χ4v) is 12.4. The highest BCUT2D eigenvalue weighted by Gasteiger charge is 2.33. The summed E-state index contributed by atoms with van der Waals surface area (Å²) in [5.41, 5.74) is 8.66. The molecule has 6 aromatic rings. The van der Waals surface area contributed by atoms with E-state index < -0.39 is 11.9 Å². The van der Waals surface area contributed by atoms with Gasteiger partial charge in [-0.3, -0.25) is 25.0 Å². The van der Waals surface area contributed by atoms with Crippen LogP contribution in [0.5, 0.6) is 5.75 Å². The maximum atomic E-state index is 13.7. The van der Waals surface area contributed by atoms with E-state index in [9.17, 15) is 24.3 Å². The Kier molecular flexibility index (Phi) is 15.0. The van der Waals surface area contributed by atoms with Crippen molar-refractivity contribution in [1.82, 2.24) is 20.2 Å². The number of hydrogen-bond donors (Lipinski definition) is 5. The quantitative estimate of drug-likeness (QED) is 0.0352. The molecule has 0 radical (unpaired) electrons. The van der Waals surface area contributed by atoms with Crippen molar-refractivity contribution >= 4 is 67.6 Å². The van der Waals surface area contributed by atoms with E-state index in [1.165, 1.54) is 36.2 Å². The Balaban J connectivity index is 0.705. The van der Waals surface area contributed by atoms with Crippen LogP contribution in [0.15, 0.2) is 91.0 Å². The first-order valence-corrected chi connectivity index (χ1v) is 26.8. The van der Waals surface area contributed by atoms with Crippen molar-refractivity contribution in [3.05, 3.63) is 130 Å². The van der Waals surface area contributed by atoms with Crippen LogP contribution in [0.3, 0.4) is 0 Å². The summed E-state index contributed by atoms with van der Waals surface area (Å²) in [4.78, 5) is 64.8. The minimum Gasteiger partial charge on any atom is -0.490 e. The predicted octanol–water partition coefficient (Wildman–Crippen LogP) is 10.6. The number of likely N-dealkylation sites (tertiary alicyclic amines) is 1. The van der Waals surface area contributed by atoms with Gasteiger partial charge in [-0.2, -0.15) is 0 Å². The van der Waals surface area contributed by atoms with Crippen LogP contribution in [0.2, 0.25) is 0 Å². The Labute approximate surface area is 430 Å². The molecule has 5 N–H and O–H groups in total. The number of ether oxygens (including phenoxy) is 1. The van der Waals surface area contributed by atoms with E-state index in [1.807, 2.05) is 97.7 Å². The molecular formula is C58H64N8O6S. The third-order valence-corrected chi connectivity index (χ3v) is 16.6. The Hall–Kier alpha value is -6.97. The number of pyridine rings is 1. The molecule has 14 nitrogen and oxygen atoms in total. The van der Waals surface area contributed by atoms with Crippen LogP contribution < -0.4 is 25.6 Å². The Morgan fingerprint density at radius 1 is 0.877 bits per heavy atom. The summed E-state index contributed by atoms with van der Waals surface area (Å²) in [5.74, 6) is -0.185. The highest BCUT2D eigenvalue weighted by molar-refractivity contribution is 7.22. The van der Waals surface area contributed by atoms with Crippen LogP contribution in [-0.4, -0.2) is 88.7 Å². The number of aromatic carboxylic acids is 1. The topological polar surface area (TPSA) is 190 Å². The van der Waals surface area contributed by atoms with Crippen molar-refractivity contribution in [2.45, 2.75) is 103 Å². The number of carboxylic acid groups (broad SMARTS) is 1. The Bertz CT molecular complexity index is 3040. The number of para-hydroxylation sites is 1. The van der Waals surface area contributed by atoms with Crippen LogP contribution >= 0.6 is 11.3 Å². The lowest BCUT2D eigenvalue weighted by Crippen LogP contribution is -2.44. The maximum absolute atomic E-state index is 13.7. The van der Waals surface area contributed by atoms with Gasteiger partial charge in [0.2, 0.25) is 11.8 Å². The smallest absolute Gasteiger partial charge is 0.355 e. The van der Waals surface area contributed by atoms with Crippen LogP contribution in [0, 0.1) is 24.2 Å². The number of fused-ring (bicyclic) bond motifs is 2. The lowest BCUT2D eigenvalue weighted by atomic mass is 9.84. The van der Waals surface area contributed by atoms with E-state index in [0.717, 1.165) is 102 Å². The summed E-state index contributed by atoms with van der Waals surface area (Å²) in [6.07, 6.45) is 11.5. The SMILES string of the molecule is CNc1cc(C2CCCN(CCCCC3CCC(Oc4cccc(-c5ccc(N6CCc7cccc(C(=O)Nc8nc9ccccc9s8)c7C6)nc5C(=O)O)c4C)CC3)C2)ccc1C(=N)C1CCC(=O)NC1=O. The number of unbranched alkanes of at least 4 members (excludes halogenated alkanes) is 1. The monoisotopic (exact) mass is 1000 g/mol. The summed E-state index contributed by atoms with van der Waals surface area (Å²) in [6, 6.07) is 29.4. The number of nitrogens with zero attached hydrogens (tertiary/aromatic N) is 4. The van der Waals surface area contributed by atoms with E-state index >= 15 is 0 Å². The summed E-state index contributed by atoms with van der Waals surface area (Å²) in [6.45, 7) is 6.26. The highest BCUT2D eigenvalue weighted by atomic mass is 32.1. The van der Waals surface area contributed by atoms with Crippen molar-refractivity contribution in [3.8, 4) is 16.9 Å². The number of benzene rings is 4. The molecule has 0 spiro atoms. The zero-order valence-corrected chi connectivity index (χ0v) is 42.5. The van der Waals surface area contributed by atoms with Gasteiger partial charge in [-0.05, 0) is 160 Å². The zero-order valence-electron chi connectivity index (χ0n) is 41.7. The molecule has 5 heterocycles. The van der Waals surface area contributed by atoms with Crippen LogP contribution in [0.4, 0.5) is 16.6 Å². The summed E-state index contributed by atoms with van der Waals surface area (Å²) < 4.78 is 7.69. The summed E-state index contributed by atoms with van der Waals surface area (Å²) >= 11 is 1.44. The van der Waals surface area contributed by atoms with Crippen molar-refractivity contribution in [3.63, 3.8) is 0 Å². The molecule has 3 aliphatic heterocycles. The zero-order chi connectivity index (χ0) is 50.6. The van der Waals surface area contributed by atoms with E-state index in [1.54, 1.807) is 0 Å². The third-order valence-electron chi connectivity index (χ3n) is 15.6. The average Bonchev–Trinajstić information content (AvgIpc) is 3.82. The summed E-state index contributed by atoms with van der Waals surface area (Å²) in [7, 11) is 1.86. The first kappa shape index (κ1) is 49.6. The Morgan fingerprint density at radius 3 is 2.52 bits per heavy atom. The molecule has 2 saturated heterocycles. The average molecular weight is 1000 g/mol. The second-order valence-electron chi connectivity index (χ2n) is 20.2. The predicted molar refractivity (Wildman–Crippen MR) is 287 cm³/mol. The fraction of sp³-hybridized carbons (Fsp3) is 0.397. The number of amides is 3. The van der Waals surface area contributed by atoms with Crippen molar-refractivity contribution in [1.29, 1.82) is 5.41 Å². The first-order valence-electron chi connectivity index (χ1n) is 26.0. The van der Waals surface area contributed by atoms with E-state index in [0.29, 0.717) is 65.4 Å². The normalized spacial score (nSPS) is 20.3.